The van der Waals surface area contributed by atoms with E-state index in [9.17, 15) is 0 Å². The number of rotatable bonds is 3. The minimum absolute atomic E-state index is 0.457. The quantitative estimate of drug-likeness (QED) is 0.824. The lowest BCUT2D eigenvalue weighted by Crippen LogP contribution is -2.31. The van der Waals surface area contributed by atoms with Crippen LogP contribution in [-0.2, 0) is 4.74 Å². The van der Waals surface area contributed by atoms with Crippen molar-refractivity contribution in [3.8, 4) is 0 Å². The molecule has 1 fully saturated rings. The maximum absolute atomic E-state index is 5.50. The molecule has 1 aliphatic heterocycles. The molecule has 16 heavy (non-hydrogen) atoms. The fraction of sp³-hybridized carbons (Fsp3) is 0.636. The average Bonchev–Trinajstić information content (AvgIpc) is 2.31. The van der Waals surface area contributed by atoms with Crippen molar-refractivity contribution in [2.75, 3.05) is 37.4 Å². The van der Waals surface area contributed by atoms with Crippen LogP contribution >= 0.6 is 0 Å². The second-order valence-corrected chi connectivity index (χ2v) is 4.26. The van der Waals surface area contributed by atoms with Gasteiger partial charge >= 0.3 is 0 Å². The Morgan fingerprint density at radius 2 is 2.38 bits per heavy atom. The first-order valence-electron chi connectivity index (χ1n) is 5.62. The van der Waals surface area contributed by atoms with Gasteiger partial charge in [-0.1, -0.05) is 0 Å². The van der Waals surface area contributed by atoms with Crippen LogP contribution in [0.25, 0.3) is 0 Å². The highest BCUT2D eigenvalue weighted by Crippen LogP contribution is 2.17. The van der Waals surface area contributed by atoms with Gasteiger partial charge in [-0.15, -0.1) is 0 Å². The van der Waals surface area contributed by atoms with Crippen LogP contribution < -0.4 is 10.6 Å². The summed E-state index contributed by atoms with van der Waals surface area (Å²) in [5, 5.41) is 0. The Labute approximate surface area is 95.6 Å². The van der Waals surface area contributed by atoms with Crippen molar-refractivity contribution < 1.29 is 4.74 Å². The van der Waals surface area contributed by atoms with Gasteiger partial charge in [-0.2, -0.15) is 0 Å². The van der Waals surface area contributed by atoms with Crippen molar-refractivity contribution in [1.29, 1.82) is 0 Å². The first kappa shape index (κ1) is 11.1. The van der Waals surface area contributed by atoms with Gasteiger partial charge in [-0.05, 0) is 18.8 Å². The first-order chi connectivity index (χ1) is 7.75. The number of hydrogen-bond donors (Lipinski definition) is 1. The van der Waals surface area contributed by atoms with Gasteiger partial charge in [0.15, 0.2) is 0 Å². The van der Waals surface area contributed by atoms with E-state index in [2.05, 4.69) is 14.9 Å². The summed E-state index contributed by atoms with van der Waals surface area (Å²) in [5.74, 6) is 1.91. The van der Waals surface area contributed by atoms with Crippen molar-refractivity contribution in [3.05, 3.63) is 12.4 Å². The Bertz CT molecular complexity index is 321. The molecule has 1 aromatic heterocycles. The molecule has 0 aromatic carbocycles. The van der Waals surface area contributed by atoms with Crippen molar-refractivity contribution in [3.63, 3.8) is 0 Å². The Kier molecular flexibility index (Phi) is 3.56. The second-order valence-electron chi connectivity index (χ2n) is 4.26. The van der Waals surface area contributed by atoms with E-state index in [0.29, 0.717) is 11.7 Å². The lowest BCUT2D eigenvalue weighted by molar-refractivity contribution is 0.0576. The Balaban J connectivity index is 1.91. The molecular weight excluding hydrogens is 204 g/mol. The molecule has 0 saturated carbocycles. The summed E-state index contributed by atoms with van der Waals surface area (Å²) in [6.07, 6.45) is 5.68. The molecule has 88 valence electrons. The van der Waals surface area contributed by atoms with E-state index in [1.807, 2.05) is 7.05 Å². The number of nitrogen functional groups attached to an aromatic ring is 1. The topological polar surface area (TPSA) is 64.3 Å². The summed E-state index contributed by atoms with van der Waals surface area (Å²) in [5.41, 5.74) is 5.50. The lowest BCUT2D eigenvalue weighted by atomic mass is 10.0. The molecule has 1 saturated heterocycles. The van der Waals surface area contributed by atoms with Gasteiger partial charge in [0.1, 0.15) is 11.6 Å². The smallest absolute Gasteiger partial charge is 0.146 e. The number of nitrogens with zero attached hydrogens (tertiary/aromatic N) is 3. The Hall–Kier alpha value is -1.36. The van der Waals surface area contributed by atoms with Gasteiger partial charge < -0.3 is 15.4 Å². The van der Waals surface area contributed by atoms with Crippen LogP contribution in [0.3, 0.4) is 0 Å². The maximum atomic E-state index is 5.50. The van der Waals surface area contributed by atoms with Crippen LogP contribution in [-0.4, -0.2) is 36.8 Å². The summed E-state index contributed by atoms with van der Waals surface area (Å²) in [6.45, 7) is 2.72. The van der Waals surface area contributed by atoms with E-state index in [1.54, 1.807) is 12.4 Å². The van der Waals surface area contributed by atoms with Crippen LogP contribution in [0.2, 0.25) is 0 Å². The summed E-state index contributed by atoms with van der Waals surface area (Å²) in [6, 6.07) is 0. The number of hydrogen-bond acceptors (Lipinski definition) is 5. The van der Waals surface area contributed by atoms with Crippen molar-refractivity contribution >= 4 is 11.6 Å². The van der Waals surface area contributed by atoms with E-state index in [1.165, 1.54) is 6.42 Å². The molecule has 1 aliphatic rings. The molecule has 0 radical (unpaired) electrons. The molecular formula is C11H18N4O. The summed E-state index contributed by atoms with van der Waals surface area (Å²) in [7, 11) is 2.02. The third kappa shape index (κ3) is 2.82. The van der Waals surface area contributed by atoms with Gasteiger partial charge in [0, 0.05) is 20.2 Å². The zero-order chi connectivity index (χ0) is 11.4. The predicted molar refractivity (Wildman–Crippen MR) is 63.3 cm³/mol. The third-order valence-corrected chi connectivity index (χ3v) is 2.84. The molecule has 2 N–H and O–H groups in total. The van der Waals surface area contributed by atoms with Crippen molar-refractivity contribution in [2.45, 2.75) is 12.8 Å². The monoisotopic (exact) mass is 222 g/mol. The van der Waals surface area contributed by atoms with E-state index >= 15 is 0 Å². The number of ether oxygens (including phenoxy) is 1. The fourth-order valence-corrected chi connectivity index (χ4v) is 1.96. The number of nitrogens with two attached hydrogens (primary N) is 1. The SMILES string of the molecule is CN(CC1CCCOC1)c1cnc(N)cn1. The standard InChI is InChI=1S/C11H18N4O/c1-15(7-9-3-2-4-16-8-9)11-6-13-10(12)5-14-11/h5-6,9H,2-4,7-8H2,1H3,(H2,12,13). The molecule has 0 spiro atoms. The second kappa shape index (κ2) is 5.12. The molecule has 5 nitrogen and oxygen atoms in total. The highest BCUT2D eigenvalue weighted by Gasteiger charge is 2.16. The van der Waals surface area contributed by atoms with E-state index in [-0.39, 0.29) is 0 Å². The van der Waals surface area contributed by atoms with E-state index < -0.39 is 0 Å². The van der Waals surface area contributed by atoms with Crippen LogP contribution in [0.5, 0.6) is 0 Å². The summed E-state index contributed by atoms with van der Waals surface area (Å²) >= 11 is 0. The highest BCUT2D eigenvalue weighted by molar-refractivity contribution is 5.38. The predicted octanol–water partition coefficient (Wildman–Crippen LogP) is 0.922. The van der Waals surface area contributed by atoms with Gasteiger partial charge in [-0.3, -0.25) is 0 Å². The van der Waals surface area contributed by atoms with Gasteiger partial charge in [0.05, 0.1) is 19.0 Å². The third-order valence-electron chi connectivity index (χ3n) is 2.84. The fourth-order valence-electron chi connectivity index (χ4n) is 1.96. The normalized spacial score (nSPS) is 20.7. The maximum Gasteiger partial charge on any atom is 0.146 e. The molecule has 1 unspecified atom stereocenters. The number of aromatic nitrogens is 2. The molecule has 0 bridgehead atoms. The molecule has 1 aromatic rings. The van der Waals surface area contributed by atoms with Gasteiger partial charge in [-0.25, -0.2) is 9.97 Å². The minimum Gasteiger partial charge on any atom is -0.382 e. The highest BCUT2D eigenvalue weighted by atomic mass is 16.5. The van der Waals surface area contributed by atoms with Crippen LogP contribution in [0.4, 0.5) is 11.6 Å². The Morgan fingerprint density at radius 1 is 1.50 bits per heavy atom. The Morgan fingerprint density at radius 3 is 3.00 bits per heavy atom. The van der Waals surface area contributed by atoms with Crippen LogP contribution in [0.1, 0.15) is 12.8 Å². The largest absolute Gasteiger partial charge is 0.382 e. The summed E-state index contributed by atoms with van der Waals surface area (Å²) in [4.78, 5) is 10.4. The van der Waals surface area contributed by atoms with E-state index in [4.69, 9.17) is 10.5 Å². The molecule has 0 aliphatic carbocycles. The zero-order valence-corrected chi connectivity index (χ0v) is 9.59. The lowest BCUT2D eigenvalue weighted by Gasteiger charge is -2.27. The average molecular weight is 222 g/mol. The summed E-state index contributed by atoms with van der Waals surface area (Å²) < 4.78 is 5.46. The molecule has 5 heteroatoms. The number of anilines is 2. The minimum atomic E-state index is 0.457. The van der Waals surface area contributed by atoms with Crippen molar-refractivity contribution in [1.82, 2.24) is 9.97 Å². The van der Waals surface area contributed by atoms with Crippen LogP contribution in [0, 0.1) is 5.92 Å². The zero-order valence-electron chi connectivity index (χ0n) is 9.59. The van der Waals surface area contributed by atoms with Gasteiger partial charge in [0.25, 0.3) is 0 Å². The van der Waals surface area contributed by atoms with Crippen LogP contribution in [0.15, 0.2) is 12.4 Å². The van der Waals surface area contributed by atoms with Gasteiger partial charge in [0.2, 0.25) is 0 Å². The van der Waals surface area contributed by atoms with E-state index in [0.717, 1.165) is 32.0 Å². The molecule has 1 atom stereocenters. The van der Waals surface area contributed by atoms with Crippen molar-refractivity contribution in [2.24, 2.45) is 5.92 Å². The molecule has 0 amide bonds. The first-order valence-corrected chi connectivity index (χ1v) is 5.62. The molecule has 2 rings (SSSR count). The molecule has 2 heterocycles.